The van der Waals surface area contributed by atoms with Gasteiger partial charge in [0.1, 0.15) is 11.9 Å². The molecule has 1 heterocycles. The maximum absolute atomic E-state index is 13.1. The molecule has 3 aromatic carbocycles. The summed E-state index contributed by atoms with van der Waals surface area (Å²) in [5.41, 5.74) is 3.61. The quantitative estimate of drug-likeness (QED) is 0.359. The third-order valence-electron chi connectivity index (χ3n) is 6.87. The van der Waals surface area contributed by atoms with Gasteiger partial charge in [0.15, 0.2) is 0 Å². The summed E-state index contributed by atoms with van der Waals surface area (Å²) < 4.78 is 19.5. The van der Waals surface area contributed by atoms with Crippen LogP contribution in [0.4, 0.5) is 4.39 Å². The topological polar surface area (TPSA) is 15.7 Å². The molecule has 1 aliphatic heterocycles. The first-order chi connectivity index (χ1) is 16.7. The number of nitrogens with zero attached hydrogens (tertiary/aromatic N) is 2. The minimum Gasteiger partial charge on any atom is -0.367 e. The lowest BCUT2D eigenvalue weighted by Crippen LogP contribution is -2.39. The Kier molecular flexibility index (Phi) is 9.26. The molecule has 3 aromatic rings. The van der Waals surface area contributed by atoms with Crippen LogP contribution in [0.1, 0.15) is 35.6 Å². The monoisotopic (exact) mass is 460 g/mol. The molecule has 0 aliphatic carbocycles. The fourth-order valence-corrected chi connectivity index (χ4v) is 4.84. The molecule has 0 spiro atoms. The molecule has 4 heteroatoms. The van der Waals surface area contributed by atoms with Crippen molar-refractivity contribution < 1.29 is 9.13 Å². The van der Waals surface area contributed by atoms with Gasteiger partial charge in [0.25, 0.3) is 0 Å². The van der Waals surface area contributed by atoms with Crippen molar-refractivity contribution in [3.8, 4) is 0 Å². The van der Waals surface area contributed by atoms with Crippen LogP contribution in [-0.4, -0.2) is 56.2 Å². The summed E-state index contributed by atoms with van der Waals surface area (Å²) in [6.07, 6.45) is 3.43. The lowest BCUT2D eigenvalue weighted by molar-refractivity contribution is 0.0495. The number of likely N-dealkylation sites (N-methyl/N-ethyl adjacent to an activating group) is 1. The van der Waals surface area contributed by atoms with Crippen molar-refractivity contribution >= 4 is 0 Å². The molecule has 3 nitrogen and oxygen atoms in total. The lowest BCUT2D eigenvalue weighted by Gasteiger charge is -2.34. The Hall–Kier alpha value is -2.53. The van der Waals surface area contributed by atoms with Crippen molar-refractivity contribution in [2.75, 3.05) is 46.4 Å². The summed E-state index contributed by atoms with van der Waals surface area (Å²) in [6.45, 7) is 6.14. The average Bonchev–Trinajstić information content (AvgIpc) is 2.88. The van der Waals surface area contributed by atoms with E-state index in [1.807, 2.05) is 12.1 Å². The molecule has 4 rings (SSSR count). The lowest BCUT2D eigenvalue weighted by atomic mass is 9.96. The first kappa shape index (κ1) is 24.6. The Morgan fingerprint density at radius 3 is 2.06 bits per heavy atom. The van der Waals surface area contributed by atoms with E-state index in [9.17, 15) is 4.39 Å². The molecule has 1 fully saturated rings. The highest BCUT2D eigenvalue weighted by molar-refractivity contribution is 5.29. The van der Waals surface area contributed by atoms with E-state index in [0.29, 0.717) is 0 Å². The normalized spacial score (nSPS) is 15.3. The van der Waals surface area contributed by atoms with E-state index >= 15 is 0 Å². The van der Waals surface area contributed by atoms with Crippen LogP contribution >= 0.6 is 0 Å². The fourth-order valence-electron chi connectivity index (χ4n) is 4.84. The summed E-state index contributed by atoms with van der Waals surface area (Å²) in [5, 5.41) is 0. The second-order valence-corrected chi connectivity index (χ2v) is 9.50. The van der Waals surface area contributed by atoms with Crippen LogP contribution in [0.3, 0.4) is 0 Å². The Morgan fingerprint density at radius 2 is 1.47 bits per heavy atom. The van der Waals surface area contributed by atoms with Crippen LogP contribution < -0.4 is 0 Å². The van der Waals surface area contributed by atoms with E-state index in [1.165, 1.54) is 29.5 Å². The standard InChI is InChI=1S/C30H37FN2O/c1-32(19-16-25-12-14-29(31)15-13-25)24-26-17-20-33(21-18-26)22-23-34-30(27-8-4-2-5-9-27)28-10-6-3-7-11-28/h2-15,26,30H,16-24H2,1H3. The highest BCUT2D eigenvalue weighted by Gasteiger charge is 2.21. The molecule has 180 valence electrons. The molecule has 0 unspecified atom stereocenters. The molecular formula is C30H37FN2O. The predicted octanol–water partition coefficient (Wildman–Crippen LogP) is 5.82. The number of piperidine rings is 1. The van der Waals surface area contributed by atoms with Gasteiger partial charge in [0.05, 0.1) is 6.61 Å². The van der Waals surface area contributed by atoms with Crippen molar-refractivity contribution in [1.82, 2.24) is 9.80 Å². The highest BCUT2D eigenvalue weighted by Crippen LogP contribution is 2.26. The van der Waals surface area contributed by atoms with Gasteiger partial charge in [-0.1, -0.05) is 72.8 Å². The molecule has 1 aliphatic rings. The van der Waals surface area contributed by atoms with E-state index in [-0.39, 0.29) is 11.9 Å². The molecule has 0 N–H and O–H groups in total. The van der Waals surface area contributed by atoms with E-state index in [2.05, 4.69) is 77.5 Å². The maximum atomic E-state index is 13.1. The zero-order valence-corrected chi connectivity index (χ0v) is 20.3. The minimum absolute atomic E-state index is 0.0188. The molecule has 1 saturated heterocycles. The summed E-state index contributed by atoms with van der Waals surface area (Å²) in [7, 11) is 2.21. The SMILES string of the molecule is CN(CCc1ccc(F)cc1)CC1CCN(CCOC(c2ccccc2)c2ccccc2)CC1. The van der Waals surface area contributed by atoms with Crippen LogP contribution in [0, 0.1) is 11.7 Å². The Bertz CT molecular complexity index is 917. The number of rotatable bonds is 11. The minimum atomic E-state index is -0.162. The van der Waals surface area contributed by atoms with E-state index < -0.39 is 0 Å². The molecule has 0 radical (unpaired) electrons. The molecule has 0 saturated carbocycles. The van der Waals surface area contributed by atoms with Gasteiger partial charge >= 0.3 is 0 Å². The number of likely N-dealkylation sites (tertiary alicyclic amines) is 1. The second-order valence-electron chi connectivity index (χ2n) is 9.50. The molecule has 0 amide bonds. The number of hydrogen-bond acceptors (Lipinski definition) is 3. The van der Waals surface area contributed by atoms with Gasteiger partial charge < -0.3 is 14.5 Å². The zero-order chi connectivity index (χ0) is 23.6. The van der Waals surface area contributed by atoms with Gasteiger partial charge in [-0.3, -0.25) is 0 Å². The number of hydrogen-bond donors (Lipinski definition) is 0. The van der Waals surface area contributed by atoms with E-state index in [0.717, 1.165) is 51.7 Å². The molecule has 34 heavy (non-hydrogen) atoms. The Morgan fingerprint density at radius 1 is 0.882 bits per heavy atom. The predicted molar refractivity (Wildman–Crippen MR) is 137 cm³/mol. The highest BCUT2D eigenvalue weighted by atomic mass is 19.1. The average molecular weight is 461 g/mol. The first-order valence-electron chi connectivity index (χ1n) is 12.5. The summed E-state index contributed by atoms with van der Waals surface area (Å²) in [4.78, 5) is 4.97. The zero-order valence-electron chi connectivity index (χ0n) is 20.3. The van der Waals surface area contributed by atoms with Crippen LogP contribution in [0.25, 0.3) is 0 Å². The van der Waals surface area contributed by atoms with Crippen molar-refractivity contribution in [3.05, 3.63) is 107 Å². The molecule has 0 bridgehead atoms. The van der Waals surface area contributed by atoms with Crippen LogP contribution in [-0.2, 0) is 11.2 Å². The summed E-state index contributed by atoms with van der Waals surface area (Å²) in [5.74, 6) is 0.585. The molecular weight excluding hydrogens is 423 g/mol. The third kappa shape index (κ3) is 7.49. The molecule has 0 aromatic heterocycles. The summed E-state index contributed by atoms with van der Waals surface area (Å²) >= 11 is 0. The largest absolute Gasteiger partial charge is 0.367 e. The van der Waals surface area contributed by atoms with Crippen molar-refractivity contribution in [3.63, 3.8) is 0 Å². The van der Waals surface area contributed by atoms with Gasteiger partial charge in [0.2, 0.25) is 0 Å². The van der Waals surface area contributed by atoms with Gasteiger partial charge in [-0.25, -0.2) is 4.39 Å². The van der Waals surface area contributed by atoms with Crippen molar-refractivity contribution in [2.24, 2.45) is 5.92 Å². The van der Waals surface area contributed by atoms with Gasteiger partial charge in [-0.2, -0.15) is 0 Å². The Labute approximate surface area is 204 Å². The van der Waals surface area contributed by atoms with E-state index in [4.69, 9.17) is 4.74 Å². The van der Waals surface area contributed by atoms with Gasteiger partial charge in [-0.15, -0.1) is 0 Å². The number of ether oxygens (including phenoxy) is 1. The maximum Gasteiger partial charge on any atom is 0.123 e. The second kappa shape index (κ2) is 12.8. The van der Waals surface area contributed by atoms with Crippen molar-refractivity contribution in [1.29, 1.82) is 0 Å². The van der Waals surface area contributed by atoms with Gasteiger partial charge in [0, 0.05) is 19.6 Å². The number of halogens is 1. The number of benzene rings is 3. The van der Waals surface area contributed by atoms with Gasteiger partial charge in [-0.05, 0) is 74.1 Å². The van der Waals surface area contributed by atoms with Crippen LogP contribution in [0.15, 0.2) is 84.9 Å². The Balaban J connectivity index is 1.17. The van der Waals surface area contributed by atoms with Crippen molar-refractivity contribution in [2.45, 2.75) is 25.4 Å². The van der Waals surface area contributed by atoms with Crippen LogP contribution in [0.5, 0.6) is 0 Å². The summed E-state index contributed by atoms with van der Waals surface area (Å²) in [6, 6.07) is 27.9. The van der Waals surface area contributed by atoms with Crippen LogP contribution in [0.2, 0.25) is 0 Å². The fraction of sp³-hybridized carbons (Fsp3) is 0.400. The first-order valence-corrected chi connectivity index (χ1v) is 12.5. The smallest absolute Gasteiger partial charge is 0.123 e. The third-order valence-corrected chi connectivity index (χ3v) is 6.87. The molecule has 0 atom stereocenters. The van der Waals surface area contributed by atoms with E-state index in [1.54, 1.807) is 12.1 Å².